The lowest BCUT2D eigenvalue weighted by atomic mass is 10.2. The highest BCUT2D eigenvalue weighted by atomic mass is 79.9. The molecule has 1 amide bonds. The summed E-state index contributed by atoms with van der Waals surface area (Å²) < 4.78 is 49.7. The van der Waals surface area contributed by atoms with Crippen LogP contribution in [0, 0.1) is 10.1 Å². The lowest BCUT2D eigenvalue weighted by Gasteiger charge is -2.16. The van der Waals surface area contributed by atoms with E-state index in [2.05, 4.69) is 15.9 Å². The average Bonchev–Trinajstić information content (AvgIpc) is 2.74. The predicted molar refractivity (Wildman–Crippen MR) is 118 cm³/mol. The molecular weight excluding hydrogens is 529 g/mol. The van der Waals surface area contributed by atoms with E-state index in [-0.39, 0.29) is 21.7 Å². The first-order chi connectivity index (χ1) is 15.5. The van der Waals surface area contributed by atoms with Gasteiger partial charge in [-0.15, -0.1) is 0 Å². The van der Waals surface area contributed by atoms with E-state index in [1.165, 1.54) is 6.07 Å². The number of nitrogens with two attached hydrogens (primary N) is 1. The Labute approximate surface area is 198 Å². The number of rotatable bonds is 8. The third-order valence-corrected chi connectivity index (χ3v) is 5.77. The molecule has 0 radical (unpaired) electrons. The van der Waals surface area contributed by atoms with E-state index in [0.29, 0.717) is 4.90 Å². The van der Waals surface area contributed by atoms with Gasteiger partial charge in [-0.1, -0.05) is 30.0 Å². The van der Waals surface area contributed by atoms with E-state index in [9.17, 15) is 28.1 Å². The third kappa shape index (κ3) is 6.39. The number of ether oxygens (including phenoxy) is 2. The van der Waals surface area contributed by atoms with E-state index in [1.54, 1.807) is 30.3 Å². The third-order valence-electron chi connectivity index (χ3n) is 4.07. The zero-order valence-electron chi connectivity index (χ0n) is 16.4. The van der Waals surface area contributed by atoms with Crippen LogP contribution >= 0.6 is 27.7 Å². The highest BCUT2D eigenvalue weighted by Crippen LogP contribution is 2.39. The molecule has 3 rings (SSSR count). The van der Waals surface area contributed by atoms with Gasteiger partial charge in [0.05, 0.1) is 15.0 Å². The summed E-state index contributed by atoms with van der Waals surface area (Å²) in [4.78, 5) is 23.3. The van der Waals surface area contributed by atoms with Crippen LogP contribution in [-0.2, 0) is 11.0 Å². The normalized spacial score (nSPS) is 12.1. The minimum Gasteiger partial charge on any atom is -0.462 e. The Bertz CT molecular complexity index is 1180. The smallest absolute Gasteiger partial charge is 0.416 e. The van der Waals surface area contributed by atoms with Crippen molar-refractivity contribution >= 4 is 39.3 Å². The Kier molecular flexibility index (Phi) is 7.49. The summed E-state index contributed by atoms with van der Waals surface area (Å²) >= 11 is 3.97. The van der Waals surface area contributed by atoms with Crippen LogP contribution in [0.2, 0.25) is 0 Å². The lowest BCUT2D eigenvalue weighted by molar-refractivity contribution is -0.385. The minimum absolute atomic E-state index is 0.0211. The van der Waals surface area contributed by atoms with Crippen molar-refractivity contribution in [2.75, 3.05) is 0 Å². The van der Waals surface area contributed by atoms with Gasteiger partial charge in [-0.2, -0.15) is 13.2 Å². The van der Waals surface area contributed by atoms with Crippen molar-refractivity contribution < 1.29 is 32.4 Å². The maximum absolute atomic E-state index is 12.9. The first kappa shape index (κ1) is 24.4. The molecule has 0 saturated carbocycles. The molecule has 0 aliphatic rings. The molecule has 1 atom stereocenters. The van der Waals surface area contributed by atoms with E-state index >= 15 is 0 Å². The van der Waals surface area contributed by atoms with Gasteiger partial charge < -0.3 is 15.2 Å². The van der Waals surface area contributed by atoms with Gasteiger partial charge in [-0.3, -0.25) is 14.9 Å². The summed E-state index contributed by atoms with van der Waals surface area (Å²) in [6.45, 7) is 0. The van der Waals surface area contributed by atoms with Gasteiger partial charge in [0.25, 0.3) is 5.91 Å². The molecule has 1 unspecified atom stereocenters. The summed E-state index contributed by atoms with van der Waals surface area (Å²) in [7, 11) is 0. The maximum atomic E-state index is 12.9. The Morgan fingerprint density at radius 2 is 1.76 bits per heavy atom. The molecule has 0 bridgehead atoms. The Morgan fingerprint density at radius 3 is 2.33 bits per heavy atom. The molecule has 0 heterocycles. The molecule has 33 heavy (non-hydrogen) atoms. The van der Waals surface area contributed by atoms with Crippen molar-refractivity contribution in [1.29, 1.82) is 0 Å². The molecule has 7 nitrogen and oxygen atoms in total. The average molecular weight is 543 g/mol. The number of nitro groups is 1. The zero-order chi connectivity index (χ0) is 24.2. The quantitative estimate of drug-likeness (QED) is 0.158. The summed E-state index contributed by atoms with van der Waals surface area (Å²) in [6, 6.07) is 14.9. The fraction of sp³-hybridized carbons (Fsp3) is 0.0952. The number of halogens is 4. The standard InChI is InChI=1S/C21H14BrF3N2O5S/c22-15-10-12(21(23,24)25)6-9-17(15)31-13-7-8-16(27(29)30)18(11-13)32-20(19(26)28)33-14-4-2-1-3-5-14/h1-11,20H,(H2,26,28). The largest absolute Gasteiger partial charge is 0.462 e. The number of amides is 1. The van der Waals surface area contributed by atoms with Crippen LogP contribution < -0.4 is 15.2 Å². The molecule has 0 saturated heterocycles. The van der Waals surface area contributed by atoms with Crippen LogP contribution in [0.4, 0.5) is 18.9 Å². The second kappa shape index (κ2) is 10.1. The van der Waals surface area contributed by atoms with Crippen molar-refractivity contribution in [3.63, 3.8) is 0 Å². The van der Waals surface area contributed by atoms with E-state index in [4.69, 9.17) is 15.2 Å². The monoisotopic (exact) mass is 542 g/mol. The van der Waals surface area contributed by atoms with Crippen LogP contribution in [0.1, 0.15) is 5.56 Å². The molecule has 172 valence electrons. The molecular formula is C21H14BrF3N2O5S. The van der Waals surface area contributed by atoms with Crippen LogP contribution in [0.3, 0.4) is 0 Å². The number of thioether (sulfide) groups is 1. The second-order valence-electron chi connectivity index (χ2n) is 6.41. The SMILES string of the molecule is NC(=O)C(Oc1cc(Oc2ccc(C(F)(F)F)cc2Br)ccc1[N+](=O)[O-])Sc1ccccc1. The van der Waals surface area contributed by atoms with Gasteiger partial charge in [0.15, 0.2) is 0 Å². The second-order valence-corrected chi connectivity index (χ2v) is 8.40. The predicted octanol–water partition coefficient (Wildman–Crippen LogP) is 6.15. The molecule has 2 N–H and O–H groups in total. The molecule has 0 spiro atoms. The summed E-state index contributed by atoms with van der Waals surface area (Å²) in [5.41, 5.74) is 2.78. The topological polar surface area (TPSA) is 105 Å². The number of carbonyl (C=O) groups excluding carboxylic acids is 1. The van der Waals surface area contributed by atoms with Gasteiger partial charge in [-0.05, 0) is 52.3 Å². The van der Waals surface area contributed by atoms with E-state index in [0.717, 1.165) is 42.1 Å². The summed E-state index contributed by atoms with van der Waals surface area (Å²) in [6.07, 6.45) is -4.53. The number of nitro benzene ring substituents is 1. The van der Waals surface area contributed by atoms with Gasteiger partial charge in [0, 0.05) is 17.0 Å². The molecule has 0 fully saturated rings. The van der Waals surface area contributed by atoms with Crippen LogP contribution in [0.15, 0.2) is 76.1 Å². The van der Waals surface area contributed by atoms with E-state index < -0.39 is 33.7 Å². The molecule has 0 aromatic heterocycles. The van der Waals surface area contributed by atoms with Crippen molar-refractivity contribution in [3.8, 4) is 17.2 Å². The number of hydrogen-bond donors (Lipinski definition) is 1. The number of carbonyl (C=O) groups is 1. The fourth-order valence-corrected chi connectivity index (χ4v) is 3.86. The van der Waals surface area contributed by atoms with Crippen molar-refractivity contribution in [2.24, 2.45) is 5.73 Å². The zero-order valence-corrected chi connectivity index (χ0v) is 18.8. The Morgan fingerprint density at radius 1 is 1.06 bits per heavy atom. The van der Waals surface area contributed by atoms with Crippen molar-refractivity contribution in [2.45, 2.75) is 16.5 Å². The summed E-state index contributed by atoms with van der Waals surface area (Å²) in [5.74, 6) is -1.10. The van der Waals surface area contributed by atoms with Gasteiger partial charge in [0.2, 0.25) is 11.2 Å². The molecule has 3 aromatic carbocycles. The number of alkyl halides is 3. The number of hydrogen-bond acceptors (Lipinski definition) is 6. The van der Waals surface area contributed by atoms with Crippen LogP contribution in [-0.4, -0.2) is 16.3 Å². The molecule has 3 aromatic rings. The highest BCUT2D eigenvalue weighted by Gasteiger charge is 2.31. The number of nitrogens with zero attached hydrogens (tertiary/aromatic N) is 1. The lowest BCUT2D eigenvalue weighted by Crippen LogP contribution is -2.31. The van der Waals surface area contributed by atoms with Gasteiger partial charge in [0.1, 0.15) is 11.5 Å². The first-order valence-corrected chi connectivity index (χ1v) is 10.7. The molecule has 0 aliphatic heterocycles. The van der Waals surface area contributed by atoms with Crippen molar-refractivity contribution in [1.82, 2.24) is 0 Å². The van der Waals surface area contributed by atoms with Crippen LogP contribution in [0.25, 0.3) is 0 Å². The van der Waals surface area contributed by atoms with Gasteiger partial charge >= 0.3 is 11.9 Å². The molecule has 12 heteroatoms. The Balaban J connectivity index is 1.89. The number of primary amides is 1. The van der Waals surface area contributed by atoms with Crippen LogP contribution in [0.5, 0.6) is 17.2 Å². The summed E-state index contributed by atoms with van der Waals surface area (Å²) in [5, 5.41) is 11.4. The number of benzene rings is 3. The fourth-order valence-electron chi connectivity index (χ4n) is 2.57. The molecule has 0 aliphatic carbocycles. The Hall–Kier alpha value is -3.25. The maximum Gasteiger partial charge on any atom is 0.416 e. The van der Waals surface area contributed by atoms with E-state index in [1.807, 2.05) is 0 Å². The van der Waals surface area contributed by atoms with Gasteiger partial charge in [-0.25, -0.2) is 0 Å². The highest BCUT2D eigenvalue weighted by molar-refractivity contribution is 9.10. The minimum atomic E-state index is -4.53. The van der Waals surface area contributed by atoms with Crippen molar-refractivity contribution in [3.05, 3.63) is 86.9 Å². The first-order valence-electron chi connectivity index (χ1n) is 9.05.